The second-order valence-corrected chi connectivity index (χ2v) is 7.05. The van der Waals surface area contributed by atoms with Gasteiger partial charge in [0.2, 0.25) is 11.8 Å². The summed E-state index contributed by atoms with van der Waals surface area (Å²) in [5, 5.41) is 33.2. The van der Waals surface area contributed by atoms with E-state index in [1.54, 1.807) is 0 Å². The Morgan fingerprint density at radius 3 is 2.16 bits per heavy atom. The van der Waals surface area contributed by atoms with Crippen LogP contribution in [0.5, 0.6) is 5.75 Å². The first-order valence-electron chi connectivity index (χ1n) is 9.61. The summed E-state index contributed by atoms with van der Waals surface area (Å²) in [5.41, 5.74) is 16.7. The minimum absolute atomic E-state index is 0.0256. The van der Waals surface area contributed by atoms with Gasteiger partial charge in [0.05, 0.1) is 6.10 Å². The van der Waals surface area contributed by atoms with E-state index < -0.39 is 42.0 Å². The third-order valence-corrected chi connectivity index (χ3v) is 4.39. The van der Waals surface area contributed by atoms with Gasteiger partial charge in [0.25, 0.3) is 0 Å². The number of nitrogens with two attached hydrogens (primary N) is 3. The predicted octanol–water partition coefficient (Wildman–Crippen LogP) is -2.25. The molecule has 12 heteroatoms. The van der Waals surface area contributed by atoms with Crippen molar-refractivity contribution in [3.8, 4) is 5.75 Å². The molecule has 0 aromatic heterocycles. The van der Waals surface area contributed by atoms with Crippen molar-refractivity contribution in [3.63, 3.8) is 0 Å². The maximum atomic E-state index is 12.7. The van der Waals surface area contributed by atoms with Crippen molar-refractivity contribution in [3.05, 3.63) is 29.8 Å². The fraction of sp³-hybridized carbons (Fsp3) is 0.474. The lowest BCUT2D eigenvalue weighted by molar-refractivity contribution is -0.142. The summed E-state index contributed by atoms with van der Waals surface area (Å²) in [6.45, 7) is 1.52. The summed E-state index contributed by atoms with van der Waals surface area (Å²) in [5.74, 6) is -2.87. The molecule has 2 amide bonds. The Balaban J connectivity index is 2.89. The zero-order valence-electron chi connectivity index (χ0n) is 17.2. The molecular formula is C19H30N6O6. The minimum atomic E-state index is -1.28. The Labute approximate surface area is 179 Å². The molecule has 0 fully saturated rings. The van der Waals surface area contributed by atoms with Gasteiger partial charge in [-0.15, -0.1) is 0 Å². The Morgan fingerprint density at radius 2 is 1.65 bits per heavy atom. The van der Waals surface area contributed by atoms with Crippen LogP contribution in [-0.4, -0.2) is 69.8 Å². The molecule has 11 N–H and O–H groups in total. The number of phenolic OH excluding ortho intramolecular Hbond substituents is 1. The van der Waals surface area contributed by atoms with Gasteiger partial charge in [-0.3, -0.25) is 14.6 Å². The van der Waals surface area contributed by atoms with Gasteiger partial charge in [0, 0.05) is 13.0 Å². The molecule has 0 aliphatic heterocycles. The zero-order valence-corrected chi connectivity index (χ0v) is 17.2. The first kappa shape index (κ1) is 25.7. The Morgan fingerprint density at radius 1 is 1.06 bits per heavy atom. The number of carbonyl (C=O) groups excluding carboxylic acids is 2. The Hall–Kier alpha value is -3.38. The number of rotatable bonds is 12. The van der Waals surface area contributed by atoms with Crippen LogP contribution in [0.1, 0.15) is 25.3 Å². The molecule has 0 aliphatic carbocycles. The minimum Gasteiger partial charge on any atom is -0.508 e. The van der Waals surface area contributed by atoms with Crippen molar-refractivity contribution in [2.45, 2.75) is 50.4 Å². The van der Waals surface area contributed by atoms with Gasteiger partial charge in [0.1, 0.15) is 23.9 Å². The number of benzene rings is 1. The number of hydrogen-bond donors (Lipinski definition) is 8. The number of nitrogens with zero attached hydrogens (tertiary/aromatic N) is 1. The second kappa shape index (κ2) is 12.3. The molecule has 0 bridgehead atoms. The van der Waals surface area contributed by atoms with Gasteiger partial charge in [-0.1, -0.05) is 12.1 Å². The topological polar surface area (TPSA) is 226 Å². The highest BCUT2D eigenvalue weighted by Gasteiger charge is 2.29. The quantitative estimate of drug-likeness (QED) is 0.1000. The highest BCUT2D eigenvalue weighted by atomic mass is 16.4. The standard InChI is InChI=1S/C19H30N6O6/c1-10(26)15(20)17(29)24-13(3-2-8-23-19(21)22)16(28)25-14(18(30)31)9-11-4-6-12(27)7-5-11/h4-7,10,13-15,26-27H,2-3,8-9,20H2,1H3,(H,24,29)(H,25,28)(H,30,31)(H4,21,22,23)/t10-,13+,14+,15+/m1/s1. The Kier molecular flexibility index (Phi) is 10.2. The first-order chi connectivity index (χ1) is 14.5. The van der Waals surface area contributed by atoms with Crippen LogP contribution in [0.15, 0.2) is 29.3 Å². The van der Waals surface area contributed by atoms with Gasteiger partial charge < -0.3 is 43.2 Å². The number of aromatic hydroxyl groups is 1. The molecule has 1 rings (SSSR count). The van der Waals surface area contributed by atoms with Gasteiger partial charge in [-0.05, 0) is 37.5 Å². The van der Waals surface area contributed by atoms with Crippen LogP contribution in [-0.2, 0) is 20.8 Å². The van der Waals surface area contributed by atoms with Crippen LogP contribution in [0.3, 0.4) is 0 Å². The van der Waals surface area contributed by atoms with Crippen LogP contribution < -0.4 is 27.8 Å². The van der Waals surface area contributed by atoms with E-state index in [0.717, 1.165) is 0 Å². The molecule has 1 aromatic carbocycles. The molecule has 31 heavy (non-hydrogen) atoms. The number of carbonyl (C=O) groups is 3. The maximum Gasteiger partial charge on any atom is 0.326 e. The van der Waals surface area contributed by atoms with Crippen molar-refractivity contribution in [1.29, 1.82) is 0 Å². The lowest BCUT2D eigenvalue weighted by atomic mass is 10.0. The van der Waals surface area contributed by atoms with Crippen molar-refractivity contribution in [2.24, 2.45) is 22.2 Å². The highest BCUT2D eigenvalue weighted by Crippen LogP contribution is 2.12. The van der Waals surface area contributed by atoms with Crippen molar-refractivity contribution < 1.29 is 29.7 Å². The zero-order chi connectivity index (χ0) is 23.6. The van der Waals surface area contributed by atoms with Gasteiger partial charge in [0.15, 0.2) is 5.96 Å². The number of hydrogen-bond acceptors (Lipinski definition) is 7. The molecular weight excluding hydrogens is 408 g/mol. The number of carboxylic acid groups (broad SMARTS) is 1. The third kappa shape index (κ3) is 9.31. The predicted molar refractivity (Wildman–Crippen MR) is 113 cm³/mol. The summed E-state index contributed by atoms with van der Waals surface area (Å²) in [4.78, 5) is 40.4. The van der Waals surface area contributed by atoms with E-state index in [0.29, 0.717) is 12.0 Å². The molecule has 0 heterocycles. The number of phenols is 1. The van der Waals surface area contributed by atoms with E-state index in [9.17, 15) is 29.7 Å². The fourth-order valence-corrected chi connectivity index (χ4v) is 2.60. The van der Waals surface area contributed by atoms with Crippen LogP contribution in [0.4, 0.5) is 0 Å². The van der Waals surface area contributed by atoms with E-state index in [4.69, 9.17) is 17.2 Å². The normalized spacial score (nSPS) is 14.5. The molecule has 12 nitrogen and oxygen atoms in total. The lowest BCUT2D eigenvalue weighted by Gasteiger charge is -2.23. The van der Waals surface area contributed by atoms with Crippen LogP contribution in [0.25, 0.3) is 0 Å². The number of aliphatic hydroxyl groups is 1. The number of aliphatic carboxylic acids is 1. The van der Waals surface area contributed by atoms with E-state index in [1.165, 1.54) is 31.2 Å². The lowest BCUT2D eigenvalue weighted by Crippen LogP contribution is -2.56. The van der Waals surface area contributed by atoms with Crippen LogP contribution in [0.2, 0.25) is 0 Å². The number of amides is 2. The number of carboxylic acids is 1. The smallest absolute Gasteiger partial charge is 0.326 e. The molecule has 0 unspecified atom stereocenters. The van der Waals surface area contributed by atoms with Gasteiger partial charge in [-0.2, -0.15) is 0 Å². The van der Waals surface area contributed by atoms with E-state index >= 15 is 0 Å². The number of aliphatic imine (C=N–C) groups is 1. The average Bonchev–Trinajstić information content (AvgIpc) is 2.69. The summed E-state index contributed by atoms with van der Waals surface area (Å²) < 4.78 is 0. The molecule has 0 spiro atoms. The SMILES string of the molecule is C[C@@H](O)[C@H](N)C(=O)N[C@@H](CCCN=C(N)N)C(=O)N[C@@H](Cc1ccc(O)cc1)C(=O)O. The monoisotopic (exact) mass is 438 g/mol. The van der Waals surface area contributed by atoms with Crippen molar-refractivity contribution in [2.75, 3.05) is 6.54 Å². The van der Waals surface area contributed by atoms with E-state index in [1.807, 2.05) is 0 Å². The molecule has 0 saturated carbocycles. The average molecular weight is 438 g/mol. The van der Waals surface area contributed by atoms with Crippen molar-refractivity contribution >= 4 is 23.7 Å². The van der Waals surface area contributed by atoms with Gasteiger partial charge in [-0.25, -0.2) is 4.79 Å². The first-order valence-corrected chi connectivity index (χ1v) is 9.61. The Bertz CT molecular complexity index is 779. The molecule has 4 atom stereocenters. The van der Waals surface area contributed by atoms with Crippen LogP contribution >= 0.6 is 0 Å². The number of nitrogens with one attached hydrogen (secondary N) is 2. The molecule has 0 aliphatic rings. The molecule has 0 radical (unpaired) electrons. The second-order valence-electron chi connectivity index (χ2n) is 7.05. The molecule has 0 saturated heterocycles. The summed E-state index contributed by atoms with van der Waals surface area (Å²) >= 11 is 0. The van der Waals surface area contributed by atoms with Crippen molar-refractivity contribution in [1.82, 2.24) is 10.6 Å². The highest BCUT2D eigenvalue weighted by molar-refractivity contribution is 5.92. The number of guanidine groups is 1. The fourth-order valence-electron chi connectivity index (χ4n) is 2.60. The third-order valence-electron chi connectivity index (χ3n) is 4.39. The molecule has 1 aromatic rings. The largest absolute Gasteiger partial charge is 0.508 e. The molecule has 172 valence electrons. The van der Waals surface area contributed by atoms with E-state index in [2.05, 4.69) is 15.6 Å². The maximum absolute atomic E-state index is 12.7. The summed E-state index contributed by atoms with van der Waals surface area (Å²) in [7, 11) is 0. The van der Waals surface area contributed by atoms with Gasteiger partial charge >= 0.3 is 5.97 Å². The van der Waals surface area contributed by atoms with E-state index in [-0.39, 0.29) is 31.1 Å². The number of aliphatic hydroxyl groups excluding tert-OH is 1. The van der Waals surface area contributed by atoms with Crippen LogP contribution in [0, 0.1) is 0 Å². The summed E-state index contributed by atoms with van der Waals surface area (Å²) in [6.07, 6.45) is -0.766. The summed E-state index contributed by atoms with van der Waals surface area (Å²) in [6, 6.07) is 2.22.